The number of H-pyrrole nitrogens is 1. The highest BCUT2D eigenvalue weighted by Gasteiger charge is 2.14. The lowest BCUT2D eigenvalue weighted by molar-refractivity contribution is -0.0464. The van der Waals surface area contributed by atoms with Gasteiger partial charge in [-0.15, -0.1) is 0 Å². The van der Waals surface area contributed by atoms with E-state index in [0.717, 1.165) is 22.4 Å². The third kappa shape index (κ3) is 2.36. The van der Waals surface area contributed by atoms with Crippen molar-refractivity contribution in [1.82, 2.24) is 19.6 Å². The van der Waals surface area contributed by atoms with Crippen LogP contribution in [-0.2, 0) is 0 Å². The Morgan fingerprint density at radius 3 is 2.50 bits per heavy atom. The van der Waals surface area contributed by atoms with Gasteiger partial charge < -0.3 is 10.2 Å². The first-order valence-corrected chi connectivity index (χ1v) is 7.26. The van der Waals surface area contributed by atoms with Crippen LogP contribution in [0.5, 0.6) is 0 Å². The maximum absolute atomic E-state index is 13.1. The third-order valence-corrected chi connectivity index (χ3v) is 3.88. The molecule has 3 heterocycles. The van der Waals surface area contributed by atoms with Crippen molar-refractivity contribution in [1.29, 1.82) is 0 Å². The fraction of sp³-hybridized carbons (Fsp3) is 0.0588. The monoisotopic (exact) mass is 324 g/mol. The second-order valence-electron chi connectivity index (χ2n) is 5.37. The first-order valence-electron chi connectivity index (χ1n) is 7.26. The van der Waals surface area contributed by atoms with Crippen LogP contribution in [0.4, 0.5) is 4.39 Å². The van der Waals surface area contributed by atoms with Crippen molar-refractivity contribution in [3.8, 4) is 22.4 Å². The zero-order chi connectivity index (χ0) is 16.7. The van der Waals surface area contributed by atoms with E-state index in [4.69, 9.17) is 0 Å². The lowest BCUT2D eigenvalue weighted by atomic mass is 10.0. The van der Waals surface area contributed by atoms with Crippen LogP contribution < -0.4 is 0 Å². The highest BCUT2D eigenvalue weighted by atomic mass is 19.1. The molecule has 0 bridgehead atoms. The molecule has 0 fully saturated rings. The summed E-state index contributed by atoms with van der Waals surface area (Å²) in [6.07, 6.45) is 3.23. The van der Waals surface area contributed by atoms with Gasteiger partial charge in [-0.1, -0.05) is 0 Å². The maximum Gasteiger partial charge on any atom is 0.196 e. The maximum atomic E-state index is 13.1. The summed E-state index contributed by atoms with van der Waals surface area (Å²) < 4.78 is 14.7. The van der Waals surface area contributed by atoms with Crippen molar-refractivity contribution < 1.29 is 14.6 Å². The number of aromatic amines is 1. The van der Waals surface area contributed by atoms with Gasteiger partial charge in [0.05, 0.1) is 23.8 Å². The lowest BCUT2D eigenvalue weighted by Crippen LogP contribution is -2.00. The number of aromatic nitrogens is 4. The number of aliphatic hydroxyl groups excluding tert-OH is 1. The number of nitrogens with one attached hydrogen (secondary N) is 1. The van der Waals surface area contributed by atoms with E-state index in [2.05, 4.69) is 15.2 Å². The van der Waals surface area contributed by atoms with Crippen LogP contribution in [0.1, 0.15) is 12.0 Å². The molecule has 0 unspecified atom stereocenters. The van der Waals surface area contributed by atoms with E-state index in [-0.39, 0.29) is 11.5 Å². The second-order valence-corrected chi connectivity index (χ2v) is 5.37. The van der Waals surface area contributed by atoms with Gasteiger partial charge in [0.2, 0.25) is 0 Å². The van der Waals surface area contributed by atoms with Gasteiger partial charge in [-0.3, -0.25) is 9.50 Å². The average Bonchev–Trinajstić information content (AvgIpc) is 3.21. The summed E-state index contributed by atoms with van der Waals surface area (Å²) in [5, 5.41) is 25.9. The number of rotatable bonds is 3. The molecule has 0 radical (unpaired) electrons. The number of fused-ring (bicyclic) bond motifs is 1. The predicted octanol–water partition coefficient (Wildman–Crippen LogP) is 2.51. The molecule has 0 spiro atoms. The molecule has 1 aromatic carbocycles. The zero-order valence-corrected chi connectivity index (χ0v) is 12.4. The van der Waals surface area contributed by atoms with Crippen molar-refractivity contribution in [2.45, 2.75) is 6.29 Å². The van der Waals surface area contributed by atoms with Crippen LogP contribution in [-0.4, -0.2) is 29.8 Å². The van der Waals surface area contributed by atoms with E-state index in [0.29, 0.717) is 5.65 Å². The summed E-state index contributed by atoms with van der Waals surface area (Å²) in [6.45, 7) is 0. The van der Waals surface area contributed by atoms with Gasteiger partial charge in [-0.25, -0.2) is 9.37 Å². The first-order chi connectivity index (χ1) is 11.6. The van der Waals surface area contributed by atoms with E-state index >= 15 is 0 Å². The van der Waals surface area contributed by atoms with E-state index < -0.39 is 6.29 Å². The van der Waals surface area contributed by atoms with Crippen molar-refractivity contribution in [2.75, 3.05) is 0 Å². The fourth-order valence-electron chi connectivity index (χ4n) is 2.69. The molecule has 0 aliphatic rings. The summed E-state index contributed by atoms with van der Waals surface area (Å²) in [5.41, 5.74) is 4.07. The number of aliphatic hydroxyl groups is 2. The van der Waals surface area contributed by atoms with Gasteiger partial charge in [0.25, 0.3) is 0 Å². The summed E-state index contributed by atoms with van der Waals surface area (Å²) in [7, 11) is 0. The molecule has 0 saturated heterocycles. The molecule has 3 aromatic heterocycles. The largest absolute Gasteiger partial charge is 0.363 e. The molecule has 4 rings (SSSR count). The Bertz CT molecular complexity index is 1010. The Hall–Kier alpha value is -3.03. The molecule has 120 valence electrons. The Kier molecular flexibility index (Phi) is 3.37. The van der Waals surface area contributed by atoms with E-state index in [1.165, 1.54) is 18.3 Å². The first kappa shape index (κ1) is 14.6. The zero-order valence-electron chi connectivity index (χ0n) is 12.4. The van der Waals surface area contributed by atoms with Gasteiger partial charge >= 0.3 is 0 Å². The second kappa shape index (κ2) is 5.55. The number of halogens is 1. The van der Waals surface area contributed by atoms with Crippen LogP contribution in [0, 0.1) is 5.82 Å². The topological polar surface area (TPSA) is 86.4 Å². The Labute approximate surface area is 135 Å². The minimum Gasteiger partial charge on any atom is -0.363 e. The van der Waals surface area contributed by atoms with Crippen molar-refractivity contribution in [3.05, 3.63) is 66.5 Å². The number of hydrogen-bond donors (Lipinski definition) is 3. The van der Waals surface area contributed by atoms with Gasteiger partial charge in [-0.05, 0) is 36.4 Å². The Morgan fingerprint density at radius 1 is 1.00 bits per heavy atom. The molecule has 7 heteroatoms. The highest BCUT2D eigenvalue weighted by molar-refractivity contribution is 5.80. The van der Waals surface area contributed by atoms with Crippen LogP contribution in [0.25, 0.3) is 28.0 Å². The Morgan fingerprint density at radius 2 is 1.75 bits per heavy atom. The van der Waals surface area contributed by atoms with Gasteiger partial charge in [0, 0.05) is 22.9 Å². The minimum atomic E-state index is -1.61. The van der Waals surface area contributed by atoms with Crippen molar-refractivity contribution in [3.63, 3.8) is 0 Å². The molecule has 4 aromatic rings. The van der Waals surface area contributed by atoms with Crippen LogP contribution in [0.3, 0.4) is 0 Å². The quantitative estimate of drug-likeness (QED) is 0.505. The summed E-state index contributed by atoms with van der Waals surface area (Å²) in [6, 6.07) is 9.77. The van der Waals surface area contributed by atoms with Gasteiger partial charge in [0.15, 0.2) is 6.29 Å². The molecular formula is C17H13FN4O2. The normalized spacial score (nSPS) is 11.5. The summed E-state index contributed by atoms with van der Waals surface area (Å²) >= 11 is 0. The van der Waals surface area contributed by atoms with E-state index in [9.17, 15) is 14.6 Å². The predicted molar refractivity (Wildman–Crippen MR) is 85.3 cm³/mol. The molecule has 0 amide bonds. The average molecular weight is 324 g/mol. The summed E-state index contributed by atoms with van der Waals surface area (Å²) in [5.74, 6) is -0.304. The SMILES string of the molecule is OC(O)c1cnc2ccc(-c3cn[nH]c3-c3ccc(F)cc3)cn12. The molecule has 3 N–H and O–H groups in total. The lowest BCUT2D eigenvalue weighted by Gasteiger charge is -2.07. The molecule has 0 saturated carbocycles. The number of hydrogen-bond acceptors (Lipinski definition) is 4. The molecule has 24 heavy (non-hydrogen) atoms. The standard InChI is InChI=1S/C17H13FN4O2/c18-12-4-1-10(2-5-12)16-13(7-20-21-16)11-3-6-15-19-8-14(17(23)24)22(15)9-11/h1-9,17,23-24H,(H,20,21). The summed E-state index contributed by atoms with van der Waals surface area (Å²) in [4.78, 5) is 4.13. The number of benzene rings is 1. The minimum absolute atomic E-state index is 0.277. The van der Waals surface area contributed by atoms with Crippen LogP contribution in [0.15, 0.2) is 55.0 Å². The van der Waals surface area contributed by atoms with Crippen LogP contribution >= 0.6 is 0 Å². The van der Waals surface area contributed by atoms with E-state index in [1.54, 1.807) is 35.0 Å². The number of imidazole rings is 1. The van der Waals surface area contributed by atoms with Crippen LogP contribution in [0.2, 0.25) is 0 Å². The number of pyridine rings is 1. The van der Waals surface area contributed by atoms with Crippen molar-refractivity contribution in [2.24, 2.45) is 0 Å². The van der Waals surface area contributed by atoms with Gasteiger partial charge in [-0.2, -0.15) is 5.10 Å². The Balaban J connectivity index is 1.85. The molecular weight excluding hydrogens is 311 g/mol. The molecule has 0 atom stereocenters. The smallest absolute Gasteiger partial charge is 0.196 e. The highest BCUT2D eigenvalue weighted by Crippen LogP contribution is 2.30. The van der Waals surface area contributed by atoms with Gasteiger partial charge in [0.1, 0.15) is 11.5 Å². The fourth-order valence-corrected chi connectivity index (χ4v) is 2.69. The molecule has 0 aliphatic heterocycles. The molecule has 6 nitrogen and oxygen atoms in total. The molecule has 0 aliphatic carbocycles. The third-order valence-electron chi connectivity index (χ3n) is 3.88. The van der Waals surface area contributed by atoms with E-state index in [1.807, 2.05) is 6.07 Å². The van der Waals surface area contributed by atoms with Crippen molar-refractivity contribution >= 4 is 5.65 Å². The number of nitrogens with zero attached hydrogens (tertiary/aromatic N) is 3.